The van der Waals surface area contributed by atoms with E-state index >= 15 is 0 Å². The average Bonchev–Trinajstić information content (AvgIpc) is 3.19. The van der Waals surface area contributed by atoms with Gasteiger partial charge in [-0.25, -0.2) is 0 Å². The van der Waals surface area contributed by atoms with Crippen molar-refractivity contribution in [1.82, 2.24) is 4.90 Å². The molecule has 0 saturated carbocycles. The zero-order valence-corrected chi connectivity index (χ0v) is 39.7. The molecule has 0 aliphatic heterocycles. The van der Waals surface area contributed by atoms with E-state index in [4.69, 9.17) is 4.74 Å². The second-order valence-electron chi connectivity index (χ2n) is 18.6. The summed E-state index contributed by atoms with van der Waals surface area (Å²) in [5.74, 6) is 2.83. The maximum atomic E-state index is 6.32. The lowest BCUT2D eigenvalue weighted by Gasteiger charge is -2.19. The molecule has 0 aromatic carbocycles. The van der Waals surface area contributed by atoms with Gasteiger partial charge in [0.1, 0.15) is 0 Å². The van der Waals surface area contributed by atoms with Crippen molar-refractivity contribution in [3.8, 4) is 0 Å². The van der Waals surface area contributed by atoms with E-state index in [0.29, 0.717) is 0 Å². The van der Waals surface area contributed by atoms with Crippen LogP contribution in [0, 0.1) is 17.8 Å². The Balaban J connectivity index is 4.16. The van der Waals surface area contributed by atoms with Crippen LogP contribution in [0.4, 0.5) is 0 Å². The Labute approximate surface area is 351 Å². The van der Waals surface area contributed by atoms with Gasteiger partial charge in [-0.1, -0.05) is 273 Å². The zero-order valence-electron chi connectivity index (χ0n) is 39.7. The van der Waals surface area contributed by atoms with E-state index in [1.807, 2.05) is 0 Å². The molecule has 0 heterocycles. The molecule has 0 N–H and O–H groups in total. The Kier molecular flexibility index (Phi) is 46.5. The third-order valence-corrected chi connectivity index (χ3v) is 13.3. The van der Waals surface area contributed by atoms with Crippen molar-refractivity contribution in [2.24, 2.45) is 17.8 Å². The third-order valence-electron chi connectivity index (χ3n) is 13.3. The van der Waals surface area contributed by atoms with Crippen LogP contribution in [0.25, 0.3) is 0 Å². The largest absolute Gasteiger partial charge is 0.381 e. The predicted octanol–water partition coefficient (Wildman–Crippen LogP) is 18.5. The van der Waals surface area contributed by atoms with Crippen LogP contribution in [0.5, 0.6) is 0 Å². The molecular formula is C53H109NO. The van der Waals surface area contributed by atoms with E-state index in [9.17, 15) is 0 Å². The van der Waals surface area contributed by atoms with Crippen molar-refractivity contribution < 1.29 is 4.74 Å². The quantitative estimate of drug-likeness (QED) is 0.0571. The summed E-state index contributed by atoms with van der Waals surface area (Å²) in [5.41, 5.74) is 0. The molecule has 0 spiro atoms. The van der Waals surface area contributed by atoms with Crippen LogP contribution in [0.1, 0.15) is 292 Å². The van der Waals surface area contributed by atoms with Gasteiger partial charge in [-0.15, -0.1) is 0 Å². The highest BCUT2D eigenvalue weighted by molar-refractivity contribution is 4.64. The first-order valence-corrected chi connectivity index (χ1v) is 26.4. The van der Waals surface area contributed by atoms with Gasteiger partial charge in [0.15, 0.2) is 0 Å². The fraction of sp³-hybridized carbons (Fsp3) is 1.00. The van der Waals surface area contributed by atoms with Gasteiger partial charge < -0.3 is 9.64 Å². The summed E-state index contributed by atoms with van der Waals surface area (Å²) in [4.78, 5) is 2.53. The van der Waals surface area contributed by atoms with E-state index in [1.165, 1.54) is 257 Å². The Morgan fingerprint density at radius 2 is 0.545 bits per heavy atom. The van der Waals surface area contributed by atoms with Crippen molar-refractivity contribution in [2.75, 3.05) is 32.8 Å². The molecule has 0 amide bonds. The van der Waals surface area contributed by atoms with Crippen molar-refractivity contribution in [1.29, 1.82) is 0 Å². The van der Waals surface area contributed by atoms with Gasteiger partial charge in [0, 0.05) is 19.8 Å². The molecule has 2 nitrogen and oxygen atoms in total. The van der Waals surface area contributed by atoms with Crippen LogP contribution in [0.2, 0.25) is 0 Å². The minimum absolute atomic E-state index is 0.786. The molecular weight excluding hydrogens is 667 g/mol. The predicted molar refractivity (Wildman–Crippen MR) is 252 cm³/mol. The molecule has 0 aromatic heterocycles. The van der Waals surface area contributed by atoms with Crippen LogP contribution < -0.4 is 0 Å². The summed E-state index contributed by atoms with van der Waals surface area (Å²) in [7, 11) is 0. The highest BCUT2D eigenvalue weighted by Gasteiger charge is 2.11. The van der Waals surface area contributed by atoms with E-state index in [-0.39, 0.29) is 0 Å². The number of hydrogen-bond donors (Lipinski definition) is 0. The maximum Gasteiger partial charge on any atom is 0.0494 e. The van der Waals surface area contributed by atoms with Crippen molar-refractivity contribution >= 4 is 0 Å². The van der Waals surface area contributed by atoms with Crippen LogP contribution in [-0.4, -0.2) is 37.7 Å². The molecule has 0 unspecified atom stereocenters. The maximum absolute atomic E-state index is 6.32. The van der Waals surface area contributed by atoms with Gasteiger partial charge in [-0.05, 0) is 50.1 Å². The minimum atomic E-state index is 0.786. The number of nitrogens with zero attached hydrogens (tertiary/aromatic N) is 1. The molecule has 55 heavy (non-hydrogen) atoms. The van der Waals surface area contributed by atoms with Gasteiger partial charge in [-0.2, -0.15) is 0 Å². The summed E-state index contributed by atoms with van der Waals surface area (Å²) >= 11 is 0. The molecule has 0 aliphatic carbocycles. The van der Waals surface area contributed by atoms with Gasteiger partial charge >= 0.3 is 0 Å². The molecule has 0 radical (unpaired) electrons. The topological polar surface area (TPSA) is 12.5 Å². The first-order chi connectivity index (χ1) is 27.1. The molecule has 0 rings (SSSR count). The fourth-order valence-corrected chi connectivity index (χ4v) is 9.30. The summed E-state index contributed by atoms with van der Waals surface area (Å²) in [6.07, 6.45) is 56.4. The molecule has 0 aromatic rings. The zero-order chi connectivity index (χ0) is 40.1. The Morgan fingerprint density at radius 3 is 0.818 bits per heavy atom. The highest BCUT2D eigenvalue weighted by Crippen LogP contribution is 2.26. The summed E-state index contributed by atoms with van der Waals surface area (Å²) in [5, 5.41) is 0. The number of hydrogen-bond acceptors (Lipinski definition) is 2. The lowest BCUT2D eigenvalue weighted by Crippen LogP contribution is -2.25. The molecule has 2 heteroatoms. The van der Waals surface area contributed by atoms with Crippen molar-refractivity contribution in [2.45, 2.75) is 292 Å². The average molecular weight is 776 g/mol. The lowest BCUT2D eigenvalue weighted by atomic mass is 9.90. The van der Waals surface area contributed by atoms with E-state index in [2.05, 4.69) is 46.4 Å². The second kappa shape index (κ2) is 46.6. The molecule has 0 bridgehead atoms. The van der Waals surface area contributed by atoms with Crippen LogP contribution in [0.15, 0.2) is 0 Å². The van der Waals surface area contributed by atoms with E-state index in [0.717, 1.165) is 44.1 Å². The van der Waals surface area contributed by atoms with Crippen LogP contribution >= 0.6 is 0 Å². The molecule has 332 valence electrons. The minimum Gasteiger partial charge on any atom is -0.381 e. The monoisotopic (exact) mass is 776 g/mol. The molecule has 0 atom stereocenters. The standard InChI is InChI=1S/C53H109NO/c1-7-13-31-40-51(41-32-14-8-2)44-35-27-23-19-17-21-25-29-37-46-53(50-55-49-39-48-54(11-5)12-6)47-38-30-26-22-18-20-24-28-36-45-52(42-33-15-9-3)43-34-16-10-4/h51-53H,7-50H2,1-6H3. The number of rotatable bonds is 48. The lowest BCUT2D eigenvalue weighted by molar-refractivity contribution is 0.0833. The van der Waals surface area contributed by atoms with Crippen molar-refractivity contribution in [3.05, 3.63) is 0 Å². The Hall–Kier alpha value is -0.0800. The van der Waals surface area contributed by atoms with Gasteiger partial charge in [0.25, 0.3) is 0 Å². The Morgan fingerprint density at radius 1 is 0.291 bits per heavy atom. The summed E-state index contributed by atoms with van der Waals surface area (Å²) in [6.45, 7) is 19.4. The smallest absolute Gasteiger partial charge is 0.0494 e. The SMILES string of the molecule is CCCCCC(CCCCC)CCCCCCCCCCCC(CCCCCCCCCCCC(CCCCC)CCCCC)COCCCN(CC)CC. The number of ether oxygens (including phenoxy) is 1. The summed E-state index contributed by atoms with van der Waals surface area (Å²) < 4.78 is 6.32. The first kappa shape index (κ1) is 54.9. The molecule has 0 saturated heterocycles. The number of unbranched alkanes of at least 4 members (excludes halogenated alkanes) is 24. The molecule has 0 aliphatic rings. The van der Waals surface area contributed by atoms with E-state index < -0.39 is 0 Å². The summed E-state index contributed by atoms with van der Waals surface area (Å²) in [6, 6.07) is 0. The first-order valence-electron chi connectivity index (χ1n) is 26.4. The third kappa shape index (κ3) is 40.5. The van der Waals surface area contributed by atoms with Crippen LogP contribution in [0.3, 0.4) is 0 Å². The van der Waals surface area contributed by atoms with Gasteiger partial charge in [0.2, 0.25) is 0 Å². The Bertz CT molecular complexity index is 609. The second-order valence-corrected chi connectivity index (χ2v) is 18.6. The van der Waals surface area contributed by atoms with Crippen LogP contribution in [-0.2, 0) is 4.74 Å². The van der Waals surface area contributed by atoms with Gasteiger partial charge in [0.05, 0.1) is 0 Å². The fourth-order valence-electron chi connectivity index (χ4n) is 9.30. The van der Waals surface area contributed by atoms with Gasteiger partial charge in [-0.3, -0.25) is 0 Å². The van der Waals surface area contributed by atoms with Crippen molar-refractivity contribution in [3.63, 3.8) is 0 Å². The molecule has 0 fully saturated rings. The normalized spacial score (nSPS) is 12.1. The highest BCUT2D eigenvalue weighted by atomic mass is 16.5. The van der Waals surface area contributed by atoms with E-state index in [1.54, 1.807) is 0 Å².